The van der Waals surface area contributed by atoms with Crippen LogP contribution in [0.25, 0.3) is 10.4 Å². The van der Waals surface area contributed by atoms with Crippen LogP contribution in [0.3, 0.4) is 0 Å². The fourth-order valence-electron chi connectivity index (χ4n) is 2.00. The molecule has 0 fully saturated rings. The summed E-state index contributed by atoms with van der Waals surface area (Å²) in [4.78, 5) is 17.6. The number of nitrogen functional groups attached to an aromatic ring is 1. The van der Waals surface area contributed by atoms with Crippen molar-refractivity contribution in [1.82, 2.24) is 10.4 Å². The van der Waals surface area contributed by atoms with Gasteiger partial charge in [-0.3, -0.25) is 9.78 Å². The van der Waals surface area contributed by atoms with Gasteiger partial charge >= 0.3 is 0 Å². The van der Waals surface area contributed by atoms with E-state index >= 15 is 0 Å². The first-order chi connectivity index (χ1) is 11.6. The van der Waals surface area contributed by atoms with E-state index in [0.29, 0.717) is 21.3 Å². The molecule has 7 heteroatoms. The Kier molecular flexibility index (Phi) is 4.88. The molecule has 3 aromatic rings. The van der Waals surface area contributed by atoms with E-state index in [2.05, 4.69) is 15.5 Å². The van der Waals surface area contributed by atoms with E-state index in [0.717, 1.165) is 10.4 Å². The zero-order valence-corrected chi connectivity index (χ0v) is 14.0. The number of thiophene rings is 1. The second kappa shape index (κ2) is 7.25. The molecule has 0 saturated carbocycles. The van der Waals surface area contributed by atoms with E-state index in [9.17, 15) is 4.79 Å². The summed E-state index contributed by atoms with van der Waals surface area (Å²) >= 11 is 7.19. The molecular weight excluding hydrogens is 344 g/mol. The Morgan fingerprint density at radius 3 is 2.75 bits per heavy atom. The molecule has 120 valence electrons. The van der Waals surface area contributed by atoms with Crippen LogP contribution < -0.4 is 11.2 Å². The number of aromatic nitrogens is 1. The van der Waals surface area contributed by atoms with Crippen molar-refractivity contribution in [3.63, 3.8) is 0 Å². The zero-order valence-electron chi connectivity index (χ0n) is 12.4. The molecule has 0 saturated heterocycles. The molecule has 2 aromatic heterocycles. The SMILES string of the molecule is Nc1cc(-c2ccc(Cl)cc2)sc1C(=O)N/N=C\c1ccccn1. The van der Waals surface area contributed by atoms with Crippen molar-refractivity contribution in [2.75, 3.05) is 5.73 Å². The molecule has 3 rings (SSSR count). The van der Waals surface area contributed by atoms with Gasteiger partial charge in [-0.05, 0) is 35.9 Å². The highest BCUT2D eigenvalue weighted by atomic mass is 35.5. The van der Waals surface area contributed by atoms with Crippen molar-refractivity contribution in [2.45, 2.75) is 0 Å². The number of hydrogen-bond acceptors (Lipinski definition) is 5. The van der Waals surface area contributed by atoms with Crippen LogP contribution in [0, 0.1) is 0 Å². The van der Waals surface area contributed by atoms with E-state index in [-0.39, 0.29) is 5.91 Å². The molecule has 24 heavy (non-hydrogen) atoms. The number of hydrogen-bond donors (Lipinski definition) is 2. The predicted octanol–water partition coefficient (Wildman–Crippen LogP) is 3.81. The molecular formula is C17H13ClN4OS. The predicted molar refractivity (Wildman–Crippen MR) is 98.5 cm³/mol. The van der Waals surface area contributed by atoms with Gasteiger partial charge in [0.15, 0.2) is 0 Å². The Labute approximate surface area is 147 Å². The maximum Gasteiger partial charge on any atom is 0.283 e. The van der Waals surface area contributed by atoms with E-state index < -0.39 is 0 Å². The molecule has 1 amide bonds. The summed E-state index contributed by atoms with van der Waals surface area (Å²) in [6.45, 7) is 0. The Bertz CT molecular complexity index is 875. The van der Waals surface area contributed by atoms with Gasteiger partial charge in [0.05, 0.1) is 17.6 Å². The highest BCUT2D eigenvalue weighted by molar-refractivity contribution is 7.18. The molecule has 3 N–H and O–H groups in total. The number of pyridine rings is 1. The molecule has 5 nitrogen and oxygen atoms in total. The van der Waals surface area contributed by atoms with Crippen LogP contribution in [0.15, 0.2) is 59.8 Å². The number of hydrazone groups is 1. The summed E-state index contributed by atoms with van der Waals surface area (Å²) in [5, 5.41) is 4.56. The average Bonchev–Trinajstić information content (AvgIpc) is 2.98. The standard InChI is InChI=1S/C17H13ClN4OS/c18-12-6-4-11(5-7-12)15-9-14(19)16(24-15)17(23)22-21-10-13-3-1-2-8-20-13/h1-10H,19H2,(H,22,23)/b21-10-. The number of benzene rings is 1. The van der Waals surface area contributed by atoms with E-state index in [4.69, 9.17) is 17.3 Å². The summed E-state index contributed by atoms with van der Waals surface area (Å²) in [5.41, 5.74) is 10.4. The molecule has 0 unspecified atom stereocenters. The van der Waals surface area contributed by atoms with Gasteiger partial charge in [-0.25, -0.2) is 5.43 Å². The largest absolute Gasteiger partial charge is 0.397 e. The molecule has 0 aliphatic heterocycles. The Morgan fingerprint density at radius 2 is 2.04 bits per heavy atom. The van der Waals surface area contributed by atoms with Crippen molar-refractivity contribution in [1.29, 1.82) is 0 Å². The molecule has 0 aliphatic rings. The summed E-state index contributed by atoms with van der Waals surface area (Å²) in [6.07, 6.45) is 3.13. The molecule has 0 bridgehead atoms. The van der Waals surface area contributed by atoms with Crippen molar-refractivity contribution in [3.8, 4) is 10.4 Å². The normalized spacial score (nSPS) is 10.9. The van der Waals surface area contributed by atoms with Crippen LogP contribution in [0.5, 0.6) is 0 Å². The lowest BCUT2D eigenvalue weighted by atomic mass is 10.2. The first kappa shape index (κ1) is 16.2. The fraction of sp³-hybridized carbons (Fsp3) is 0. The number of carbonyl (C=O) groups excluding carboxylic acids is 1. The van der Waals surface area contributed by atoms with Gasteiger partial charge in [0.2, 0.25) is 0 Å². The van der Waals surface area contributed by atoms with Gasteiger partial charge in [-0.2, -0.15) is 5.10 Å². The minimum atomic E-state index is -0.357. The van der Waals surface area contributed by atoms with Gasteiger partial charge in [-0.15, -0.1) is 11.3 Å². The number of halogens is 1. The number of carbonyl (C=O) groups is 1. The number of amides is 1. The van der Waals surface area contributed by atoms with Crippen LogP contribution in [-0.2, 0) is 0 Å². The van der Waals surface area contributed by atoms with Gasteiger partial charge < -0.3 is 5.73 Å². The molecule has 1 aromatic carbocycles. The number of anilines is 1. The zero-order chi connectivity index (χ0) is 16.9. The second-order valence-corrected chi connectivity index (χ2v) is 6.34. The summed E-state index contributed by atoms with van der Waals surface area (Å²) < 4.78 is 0. The molecule has 0 spiro atoms. The van der Waals surface area contributed by atoms with Crippen molar-refractivity contribution < 1.29 is 4.79 Å². The summed E-state index contributed by atoms with van der Waals surface area (Å²) in [7, 11) is 0. The van der Waals surface area contributed by atoms with E-state index in [1.807, 2.05) is 18.2 Å². The lowest BCUT2D eigenvalue weighted by Gasteiger charge is -1.98. The summed E-state index contributed by atoms with van der Waals surface area (Å²) in [6, 6.07) is 14.6. The summed E-state index contributed by atoms with van der Waals surface area (Å²) in [5.74, 6) is -0.357. The molecule has 0 aliphatic carbocycles. The Morgan fingerprint density at radius 1 is 1.25 bits per heavy atom. The maximum absolute atomic E-state index is 12.2. The Hall–Kier alpha value is -2.70. The number of nitrogens with one attached hydrogen (secondary N) is 1. The number of rotatable bonds is 4. The minimum Gasteiger partial charge on any atom is -0.397 e. The third-order valence-electron chi connectivity index (χ3n) is 3.15. The number of nitrogens with two attached hydrogens (primary N) is 1. The van der Waals surface area contributed by atoms with Gasteiger partial charge in [0.1, 0.15) is 4.88 Å². The number of nitrogens with zero attached hydrogens (tertiary/aromatic N) is 2. The highest BCUT2D eigenvalue weighted by Crippen LogP contribution is 2.33. The van der Waals surface area contributed by atoms with Gasteiger partial charge in [-0.1, -0.05) is 29.8 Å². The van der Waals surface area contributed by atoms with Crippen LogP contribution in [-0.4, -0.2) is 17.1 Å². The molecule has 0 radical (unpaired) electrons. The average molecular weight is 357 g/mol. The fourth-order valence-corrected chi connectivity index (χ4v) is 3.10. The highest BCUT2D eigenvalue weighted by Gasteiger charge is 2.14. The van der Waals surface area contributed by atoms with Crippen LogP contribution in [0.1, 0.15) is 15.4 Å². The van der Waals surface area contributed by atoms with Crippen LogP contribution in [0.2, 0.25) is 5.02 Å². The van der Waals surface area contributed by atoms with Crippen LogP contribution >= 0.6 is 22.9 Å². The first-order valence-corrected chi connectivity index (χ1v) is 8.22. The monoisotopic (exact) mass is 356 g/mol. The first-order valence-electron chi connectivity index (χ1n) is 7.03. The smallest absolute Gasteiger partial charge is 0.283 e. The third kappa shape index (κ3) is 3.79. The van der Waals surface area contributed by atoms with E-state index in [1.165, 1.54) is 17.6 Å². The minimum absolute atomic E-state index is 0.357. The van der Waals surface area contributed by atoms with Gasteiger partial charge in [0, 0.05) is 16.1 Å². The topological polar surface area (TPSA) is 80.4 Å². The molecule has 2 heterocycles. The van der Waals surface area contributed by atoms with Gasteiger partial charge in [0.25, 0.3) is 5.91 Å². The van der Waals surface area contributed by atoms with Crippen LogP contribution in [0.4, 0.5) is 5.69 Å². The van der Waals surface area contributed by atoms with Crippen molar-refractivity contribution >= 4 is 40.7 Å². The lowest BCUT2D eigenvalue weighted by Crippen LogP contribution is -2.17. The van der Waals surface area contributed by atoms with Crippen molar-refractivity contribution in [3.05, 3.63) is 70.3 Å². The molecule has 0 atom stereocenters. The quantitative estimate of drug-likeness (QED) is 0.551. The lowest BCUT2D eigenvalue weighted by molar-refractivity contribution is 0.0960. The third-order valence-corrected chi connectivity index (χ3v) is 4.60. The van der Waals surface area contributed by atoms with E-state index in [1.54, 1.807) is 36.5 Å². The maximum atomic E-state index is 12.2. The van der Waals surface area contributed by atoms with Crippen molar-refractivity contribution in [2.24, 2.45) is 5.10 Å². The second-order valence-electron chi connectivity index (χ2n) is 4.86. The Balaban J connectivity index is 1.73.